The van der Waals surface area contributed by atoms with Crippen LogP contribution < -0.4 is 16.4 Å². The van der Waals surface area contributed by atoms with Gasteiger partial charge in [0.1, 0.15) is 12.0 Å². The summed E-state index contributed by atoms with van der Waals surface area (Å²) in [6.07, 6.45) is -3.59. The first-order valence-electron chi connectivity index (χ1n) is 8.70. The molecule has 2 amide bonds. The standard InChI is InChI=1S/C18H22F3N3O2/c1-9-2-3-10-12(8-9)13(22)5-6-14(10)23-16(25)11-4-7-15(18(19,20)21)24-17(11)26/h2-3,8,11,13-15H,4-7,22H2,1H3,(H,23,25)(H,24,26)/t11?,13-,14-,15?/m1/s1. The monoisotopic (exact) mass is 369 g/mol. The lowest BCUT2D eigenvalue weighted by atomic mass is 9.83. The van der Waals surface area contributed by atoms with Crippen molar-refractivity contribution in [1.82, 2.24) is 10.6 Å². The van der Waals surface area contributed by atoms with Crippen molar-refractivity contribution in [3.63, 3.8) is 0 Å². The van der Waals surface area contributed by atoms with Gasteiger partial charge in [0.2, 0.25) is 11.8 Å². The van der Waals surface area contributed by atoms with E-state index in [1.807, 2.05) is 30.4 Å². The predicted molar refractivity (Wildman–Crippen MR) is 88.9 cm³/mol. The van der Waals surface area contributed by atoms with Crippen molar-refractivity contribution in [2.75, 3.05) is 0 Å². The number of fused-ring (bicyclic) bond motifs is 1. The summed E-state index contributed by atoms with van der Waals surface area (Å²) in [5.41, 5.74) is 9.09. The Labute approximate surface area is 149 Å². The molecule has 0 bridgehead atoms. The van der Waals surface area contributed by atoms with Crippen molar-refractivity contribution in [3.8, 4) is 0 Å². The fourth-order valence-corrected chi connectivity index (χ4v) is 3.72. The van der Waals surface area contributed by atoms with E-state index in [9.17, 15) is 22.8 Å². The first-order chi connectivity index (χ1) is 12.2. The normalized spacial score (nSPS) is 28.9. The van der Waals surface area contributed by atoms with Crippen LogP contribution in [0.25, 0.3) is 0 Å². The van der Waals surface area contributed by atoms with Gasteiger partial charge in [-0.2, -0.15) is 13.2 Å². The second kappa shape index (κ2) is 6.90. The number of alkyl halides is 3. The van der Waals surface area contributed by atoms with Gasteiger partial charge in [-0.3, -0.25) is 9.59 Å². The number of benzene rings is 1. The number of carbonyl (C=O) groups is 2. The van der Waals surface area contributed by atoms with Crippen LogP contribution in [0.4, 0.5) is 13.2 Å². The molecule has 142 valence electrons. The lowest BCUT2D eigenvalue weighted by Gasteiger charge is -2.33. The molecule has 1 aromatic rings. The number of halogens is 3. The molecule has 1 aliphatic heterocycles. The first kappa shape index (κ1) is 18.7. The molecule has 8 heteroatoms. The van der Waals surface area contributed by atoms with Gasteiger partial charge in [-0.15, -0.1) is 0 Å². The SMILES string of the molecule is Cc1ccc2c(c1)[C@H](N)CC[C@H]2NC(=O)C1CCC(C(F)(F)F)NC1=O. The maximum atomic E-state index is 12.7. The van der Waals surface area contributed by atoms with E-state index in [1.165, 1.54) is 0 Å². The van der Waals surface area contributed by atoms with Crippen LogP contribution >= 0.6 is 0 Å². The molecule has 0 aromatic heterocycles. The van der Waals surface area contributed by atoms with Gasteiger partial charge in [-0.05, 0) is 43.7 Å². The molecule has 1 saturated heterocycles. The van der Waals surface area contributed by atoms with Crippen molar-refractivity contribution in [3.05, 3.63) is 34.9 Å². The molecule has 1 heterocycles. The molecule has 2 aliphatic rings. The van der Waals surface area contributed by atoms with Crippen molar-refractivity contribution < 1.29 is 22.8 Å². The Morgan fingerprint density at radius 3 is 2.58 bits per heavy atom. The van der Waals surface area contributed by atoms with Gasteiger partial charge in [0.25, 0.3) is 0 Å². The van der Waals surface area contributed by atoms with Crippen molar-refractivity contribution in [2.24, 2.45) is 11.7 Å². The molecule has 1 aromatic carbocycles. The second-order valence-corrected chi connectivity index (χ2v) is 7.11. The number of piperidine rings is 1. The lowest BCUT2D eigenvalue weighted by Crippen LogP contribution is -2.54. The largest absolute Gasteiger partial charge is 0.408 e. The molecule has 1 aliphatic carbocycles. The topological polar surface area (TPSA) is 84.2 Å². The number of nitrogens with one attached hydrogen (secondary N) is 2. The summed E-state index contributed by atoms with van der Waals surface area (Å²) in [5.74, 6) is -2.50. The molecule has 4 N–H and O–H groups in total. The van der Waals surface area contributed by atoms with Crippen LogP contribution in [0, 0.1) is 12.8 Å². The molecule has 4 atom stereocenters. The number of aryl methyl sites for hydroxylation is 1. The molecule has 0 saturated carbocycles. The minimum atomic E-state index is -4.49. The molecule has 0 spiro atoms. The second-order valence-electron chi connectivity index (χ2n) is 7.11. The minimum absolute atomic E-state index is 0.108. The zero-order valence-corrected chi connectivity index (χ0v) is 14.4. The molecule has 2 unspecified atom stereocenters. The van der Waals surface area contributed by atoms with E-state index < -0.39 is 30.0 Å². The number of hydrogen-bond acceptors (Lipinski definition) is 3. The van der Waals surface area contributed by atoms with Gasteiger partial charge in [0, 0.05) is 6.04 Å². The quantitative estimate of drug-likeness (QED) is 0.700. The van der Waals surface area contributed by atoms with Gasteiger partial charge in [-0.1, -0.05) is 23.8 Å². The Morgan fingerprint density at radius 2 is 1.92 bits per heavy atom. The third-order valence-electron chi connectivity index (χ3n) is 5.19. The fourth-order valence-electron chi connectivity index (χ4n) is 3.72. The molecular weight excluding hydrogens is 347 g/mol. The van der Waals surface area contributed by atoms with Gasteiger partial charge in [-0.25, -0.2) is 0 Å². The van der Waals surface area contributed by atoms with E-state index in [2.05, 4.69) is 5.32 Å². The Bertz CT molecular complexity index is 720. The van der Waals surface area contributed by atoms with Crippen LogP contribution in [0.15, 0.2) is 18.2 Å². The molecule has 5 nitrogen and oxygen atoms in total. The van der Waals surface area contributed by atoms with E-state index in [-0.39, 0.29) is 24.9 Å². The van der Waals surface area contributed by atoms with E-state index in [0.717, 1.165) is 16.7 Å². The lowest BCUT2D eigenvalue weighted by molar-refractivity contribution is -0.171. The first-order valence-corrected chi connectivity index (χ1v) is 8.70. The number of nitrogens with two attached hydrogens (primary N) is 1. The number of carbonyl (C=O) groups excluding carboxylic acids is 2. The fraction of sp³-hybridized carbons (Fsp3) is 0.556. The van der Waals surface area contributed by atoms with Crippen LogP contribution in [-0.2, 0) is 9.59 Å². The average Bonchev–Trinajstić information content (AvgIpc) is 2.56. The summed E-state index contributed by atoms with van der Waals surface area (Å²) in [6.45, 7) is 1.96. The van der Waals surface area contributed by atoms with Crippen LogP contribution in [0.1, 0.15) is 54.5 Å². The summed E-state index contributed by atoms with van der Waals surface area (Å²) >= 11 is 0. The molecule has 0 radical (unpaired) electrons. The predicted octanol–water partition coefficient (Wildman–Crippen LogP) is 2.40. The molecule has 3 rings (SSSR count). The van der Waals surface area contributed by atoms with Crippen LogP contribution in [-0.4, -0.2) is 24.0 Å². The highest BCUT2D eigenvalue weighted by Crippen LogP contribution is 2.36. The Kier molecular flexibility index (Phi) is 4.96. The van der Waals surface area contributed by atoms with Crippen LogP contribution in [0.5, 0.6) is 0 Å². The maximum Gasteiger partial charge on any atom is 0.408 e. The van der Waals surface area contributed by atoms with Crippen molar-refractivity contribution >= 4 is 11.8 Å². The van der Waals surface area contributed by atoms with Gasteiger partial charge < -0.3 is 16.4 Å². The zero-order chi connectivity index (χ0) is 19.1. The van der Waals surface area contributed by atoms with E-state index in [0.29, 0.717) is 12.8 Å². The van der Waals surface area contributed by atoms with E-state index in [4.69, 9.17) is 5.73 Å². The molecule has 1 fully saturated rings. The highest BCUT2D eigenvalue weighted by molar-refractivity contribution is 6.01. The molecular formula is C18H22F3N3O2. The molecule has 26 heavy (non-hydrogen) atoms. The van der Waals surface area contributed by atoms with Gasteiger partial charge in [0.05, 0.1) is 6.04 Å². The highest BCUT2D eigenvalue weighted by atomic mass is 19.4. The third-order valence-corrected chi connectivity index (χ3v) is 5.19. The summed E-state index contributed by atoms with van der Waals surface area (Å²) in [6, 6.07) is 3.55. The third kappa shape index (κ3) is 3.70. The summed E-state index contributed by atoms with van der Waals surface area (Å²) in [4.78, 5) is 24.5. The van der Waals surface area contributed by atoms with Gasteiger partial charge >= 0.3 is 6.18 Å². The van der Waals surface area contributed by atoms with Crippen molar-refractivity contribution in [2.45, 2.75) is 56.9 Å². The minimum Gasteiger partial charge on any atom is -0.349 e. The smallest absolute Gasteiger partial charge is 0.349 e. The van der Waals surface area contributed by atoms with Crippen LogP contribution in [0.2, 0.25) is 0 Å². The van der Waals surface area contributed by atoms with Gasteiger partial charge in [0.15, 0.2) is 0 Å². The number of hydrogen-bond donors (Lipinski definition) is 3. The highest BCUT2D eigenvalue weighted by Gasteiger charge is 2.46. The van der Waals surface area contributed by atoms with Crippen LogP contribution in [0.3, 0.4) is 0 Å². The Morgan fingerprint density at radius 1 is 1.19 bits per heavy atom. The number of rotatable bonds is 2. The average molecular weight is 369 g/mol. The van der Waals surface area contributed by atoms with E-state index in [1.54, 1.807) is 0 Å². The number of amides is 2. The zero-order valence-electron chi connectivity index (χ0n) is 14.4. The Hall–Kier alpha value is -2.09. The maximum absolute atomic E-state index is 12.7. The van der Waals surface area contributed by atoms with Crippen molar-refractivity contribution in [1.29, 1.82) is 0 Å². The van der Waals surface area contributed by atoms with E-state index >= 15 is 0 Å². The summed E-state index contributed by atoms with van der Waals surface area (Å²) in [5, 5.41) is 4.75. The Balaban J connectivity index is 1.70. The summed E-state index contributed by atoms with van der Waals surface area (Å²) in [7, 11) is 0. The summed E-state index contributed by atoms with van der Waals surface area (Å²) < 4.78 is 38.2.